The fourth-order valence-corrected chi connectivity index (χ4v) is 2.63. The number of aliphatic hydroxyl groups is 1. The Morgan fingerprint density at radius 1 is 1.29 bits per heavy atom. The number of hydrogen-bond acceptors (Lipinski definition) is 4. The third kappa shape index (κ3) is 3.77. The molecule has 2 N–H and O–H groups in total. The van der Waals surface area contributed by atoms with Crippen molar-refractivity contribution < 1.29 is 14.3 Å². The van der Waals surface area contributed by atoms with Crippen LogP contribution in [-0.4, -0.2) is 24.9 Å². The van der Waals surface area contributed by atoms with Gasteiger partial charge in [0.15, 0.2) is 11.3 Å². The third-order valence-electron chi connectivity index (χ3n) is 3.64. The van der Waals surface area contributed by atoms with E-state index in [1.165, 1.54) is 0 Å². The lowest BCUT2D eigenvalue weighted by molar-refractivity contribution is 0.211. The molecule has 0 bridgehead atoms. The van der Waals surface area contributed by atoms with Crippen LogP contribution < -0.4 is 10.1 Å². The monoisotopic (exact) mass is 291 g/mol. The molecule has 1 heterocycles. The number of rotatable bonds is 7. The van der Waals surface area contributed by atoms with Crippen molar-refractivity contribution in [1.82, 2.24) is 5.32 Å². The number of benzene rings is 1. The first-order valence-electron chi connectivity index (χ1n) is 7.48. The fraction of sp³-hybridized carbons (Fsp3) is 0.529. The molecule has 2 unspecified atom stereocenters. The molecule has 0 fully saturated rings. The van der Waals surface area contributed by atoms with Crippen molar-refractivity contribution in [3.63, 3.8) is 0 Å². The first-order valence-corrected chi connectivity index (χ1v) is 7.48. The zero-order valence-electron chi connectivity index (χ0n) is 13.2. The van der Waals surface area contributed by atoms with Crippen LogP contribution >= 0.6 is 0 Å². The normalized spacial score (nSPS) is 14.6. The Morgan fingerprint density at radius 2 is 2.05 bits per heavy atom. The van der Waals surface area contributed by atoms with Gasteiger partial charge in [-0.3, -0.25) is 0 Å². The molecule has 4 heteroatoms. The van der Waals surface area contributed by atoms with Crippen LogP contribution in [-0.2, 0) is 0 Å². The lowest BCUT2D eigenvalue weighted by Gasteiger charge is -2.21. The van der Waals surface area contributed by atoms with Crippen molar-refractivity contribution in [3.05, 3.63) is 30.0 Å². The van der Waals surface area contributed by atoms with E-state index in [1.54, 1.807) is 7.11 Å². The molecule has 2 atom stereocenters. The van der Waals surface area contributed by atoms with E-state index in [9.17, 15) is 5.11 Å². The minimum atomic E-state index is 0.0398. The van der Waals surface area contributed by atoms with E-state index in [1.807, 2.05) is 31.2 Å². The van der Waals surface area contributed by atoms with Crippen molar-refractivity contribution in [2.45, 2.75) is 39.3 Å². The van der Waals surface area contributed by atoms with Crippen LogP contribution in [0.4, 0.5) is 0 Å². The van der Waals surface area contributed by atoms with Crippen molar-refractivity contribution in [2.75, 3.05) is 13.7 Å². The summed E-state index contributed by atoms with van der Waals surface area (Å²) in [5.41, 5.74) is 0.771. The number of furan rings is 1. The molecule has 21 heavy (non-hydrogen) atoms. The number of methoxy groups -OCH3 is 1. The lowest BCUT2D eigenvalue weighted by atomic mass is 10.0. The molecule has 0 saturated carbocycles. The second-order valence-corrected chi connectivity index (χ2v) is 5.92. The van der Waals surface area contributed by atoms with E-state index in [-0.39, 0.29) is 18.7 Å². The molecule has 1 aromatic carbocycles. The standard InChI is InChI=1S/C17H25NO3/c1-11(2)8-14(10-19)18-12(3)16-9-13-6-5-7-15(20-4)17(13)21-16/h5-7,9,11-12,14,18-19H,8,10H2,1-4H3. The smallest absolute Gasteiger partial charge is 0.176 e. The number of para-hydroxylation sites is 1. The predicted molar refractivity (Wildman–Crippen MR) is 84.6 cm³/mol. The Hall–Kier alpha value is -1.52. The Balaban J connectivity index is 2.17. The summed E-state index contributed by atoms with van der Waals surface area (Å²) in [6.45, 7) is 6.49. The molecule has 0 radical (unpaired) electrons. The number of aliphatic hydroxyl groups excluding tert-OH is 1. The Bertz CT molecular complexity index is 576. The zero-order chi connectivity index (χ0) is 15.4. The lowest BCUT2D eigenvalue weighted by Crippen LogP contribution is -2.35. The van der Waals surface area contributed by atoms with E-state index in [2.05, 4.69) is 19.2 Å². The van der Waals surface area contributed by atoms with Crippen molar-refractivity contribution in [2.24, 2.45) is 5.92 Å². The molecule has 0 aliphatic heterocycles. The number of fused-ring (bicyclic) bond motifs is 1. The number of hydrogen-bond donors (Lipinski definition) is 2. The fourth-order valence-electron chi connectivity index (χ4n) is 2.63. The predicted octanol–water partition coefficient (Wildman–Crippen LogP) is 3.50. The van der Waals surface area contributed by atoms with Crippen LogP contribution in [0.5, 0.6) is 5.75 Å². The summed E-state index contributed by atoms with van der Waals surface area (Å²) in [6.07, 6.45) is 0.935. The SMILES string of the molecule is COc1cccc2cc(C(C)NC(CO)CC(C)C)oc12. The van der Waals surface area contributed by atoms with Crippen LogP contribution in [0.2, 0.25) is 0 Å². The number of ether oxygens (including phenoxy) is 1. The maximum atomic E-state index is 9.48. The highest BCUT2D eigenvalue weighted by molar-refractivity contribution is 5.83. The highest BCUT2D eigenvalue weighted by Gasteiger charge is 2.18. The van der Waals surface area contributed by atoms with Crippen LogP contribution in [0, 0.1) is 5.92 Å². The molecule has 1 aromatic heterocycles. The second-order valence-electron chi connectivity index (χ2n) is 5.92. The molecule has 0 aliphatic rings. The molecule has 0 saturated heterocycles. The Labute approximate surface area is 126 Å². The first-order chi connectivity index (χ1) is 10.0. The average Bonchev–Trinajstić information content (AvgIpc) is 2.89. The van der Waals surface area contributed by atoms with Gasteiger partial charge in [-0.1, -0.05) is 26.0 Å². The van der Waals surface area contributed by atoms with E-state index < -0.39 is 0 Å². The van der Waals surface area contributed by atoms with Gasteiger partial charge in [0.25, 0.3) is 0 Å². The van der Waals surface area contributed by atoms with Crippen molar-refractivity contribution >= 4 is 11.0 Å². The van der Waals surface area contributed by atoms with Crippen LogP contribution in [0.25, 0.3) is 11.0 Å². The molecular weight excluding hydrogens is 266 g/mol. The molecule has 2 rings (SSSR count). The Kier molecular flexibility index (Phi) is 5.26. The number of nitrogens with one attached hydrogen (secondary N) is 1. The van der Waals surface area contributed by atoms with E-state index in [0.29, 0.717) is 5.92 Å². The van der Waals surface area contributed by atoms with Gasteiger partial charge in [-0.15, -0.1) is 0 Å². The van der Waals surface area contributed by atoms with E-state index in [0.717, 1.165) is 28.9 Å². The van der Waals surface area contributed by atoms with Crippen molar-refractivity contribution in [3.8, 4) is 5.75 Å². The van der Waals surface area contributed by atoms with Crippen LogP contribution in [0.3, 0.4) is 0 Å². The maximum absolute atomic E-state index is 9.48. The molecule has 4 nitrogen and oxygen atoms in total. The maximum Gasteiger partial charge on any atom is 0.176 e. The van der Waals surface area contributed by atoms with E-state index in [4.69, 9.17) is 9.15 Å². The zero-order valence-corrected chi connectivity index (χ0v) is 13.2. The minimum absolute atomic E-state index is 0.0398. The summed E-state index contributed by atoms with van der Waals surface area (Å²) >= 11 is 0. The van der Waals surface area contributed by atoms with Gasteiger partial charge in [-0.05, 0) is 31.4 Å². The molecular formula is C17H25NO3. The van der Waals surface area contributed by atoms with Crippen LogP contribution in [0.1, 0.15) is 39.0 Å². The summed E-state index contributed by atoms with van der Waals surface area (Å²) in [6, 6.07) is 8.00. The molecule has 2 aromatic rings. The quantitative estimate of drug-likeness (QED) is 0.820. The van der Waals surface area contributed by atoms with Gasteiger partial charge in [-0.2, -0.15) is 0 Å². The molecule has 0 aliphatic carbocycles. The highest BCUT2D eigenvalue weighted by Crippen LogP contribution is 2.31. The van der Waals surface area contributed by atoms with Crippen LogP contribution in [0.15, 0.2) is 28.7 Å². The summed E-state index contributed by atoms with van der Waals surface area (Å²) < 4.78 is 11.3. The molecule has 0 spiro atoms. The van der Waals surface area contributed by atoms with Gasteiger partial charge >= 0.3 is 0 Å². The minimum Gasteiger partial charge on any atom is -0.493 e. The van der Waals surface area contributed by atoms with Gasteiger partial charge in [0.1, 0.15) is 5.76 Å². The summed E-state index contributed by atoms with van der Waals surface area (Å²) in [7, 11) is 1.64. The topological polar surface area (TPSA) is 54.6 Å². The molecule has 116 valence electrons. The Morgan fingerprint density at radius 3 is 2.67 bits per heavy atom. The third-order valence-corrected chi connectivity index (χ3v) is 3.64. The second kappa shape index (κ2) is 6.96. The van der Waals surface area contributed by atoms with Gasteiger partial charge in [0.2, 0.25) is 0 Å². The molecule has 0 amide bonds. The largest absolute Gasteiger partial charge is 0.493 e. The van der Waals surface area contributed by atoms with Gasteiger partial charge in [0, 0.05) is 11.4 Å². The summed E-state index contributed by atoms with van der Waals surface area (Å²) in [5.74, 6) is 2.14. The van der Waals surface area contributed by atoms with Gasteiger partial charge < -0.3 is 19.6 Å². The average molecular weight is 291 g/mol. The summed E-state index contributed by atoms with van der Waals surface area (Å²) in [4.78, 5) is 0. The first kappa shape index (κ1) is 15.9. The summed E-state index contributed by atoms with van der Waals surface area (Å²) in [5, 5.41) is 13.9. The van der Waals surface area contributed by atoms with E-state index >= 15 is 0 Å². The van der Waals surface area contributed by atoms with Gasteiger partial charge in [0.05, 0.1) is 19.8 Å². The van der Waals surface area contributed by atoms with Crippen molar-refractivity contribution in [1.29, 1.82) is 0 Å². The highest BCUT2D eigenvalue weighted by atomic mass is 16.5. The van der Waals surface area contributed by atoms with Gasteiger partial charge in [-0.25, -0.2) is 0 Å².